The Kier molecular flexibility index (Phi) is 11.2. The van der Waals surface area contributed by atoms with E-state index in [4.69, 9.17) is 9.92 Å². The molecule has 2 aromatic carbocycles. The van der Waals surface area contributed by atoms with Crippen molar-refractivity contribution in [3.05, 3.63) is 65.7 Å². The maximum absolute atomic E-state index is 10.2. The van der Waals surface area contributed by atoms with Crippen molar-refractivity contribution in [3.63, 3.8) is 0 Å². The number of hydrogen-bond donors (Lipinski definition) is 1. The van der Waals surface area contributed by atoms with Crippen LogP contribution >= 0.6 is 12.0 Å². The summed E-state index contributed by atoms with van der Waals surface area (Å²) in [6.45, 7) is 5.40. The summed E-state index contributed by atoms with van der Waals surface area (Å²) < 4.78 is 10.0. The summed E-state index contributed by atoms with van der Waals surface area (Å²) in [6, 6.07) is 17.8. The number of hydrogen-bond acceptors (Lipinski definition) is 4. The molecule has 0 bridgehead atoms. The van der Waals surface area contributed by atoms with E-state index in [1.807, 2.05) is 30.3 Å². The number of carbonyl (C=O) groups excluding carboxylic acids is 1. The molecule has 2 rings (SSSR count). The maximum atomic E-state index is 10.2. The fourth-order valence-corrected chi connectivity index (χ4v) is 2.43. The largest absolute Gasteiger partial charge is 0.445 e. The maximum Gasteiger partial charge on any atom is 0.404 e. The van der Waals surface area contributed by atoms with Gasteiger partial charge in [-0.05, 0) is 31.0 Å². The smallest absolute Gasteiger partial charge is 0.404 e. The van der Waals surface area contributed by atoms with Crippen LogP contribution in [0.5, 0.6) is 0 Å². The molecule has 0 aliphatic heterocycles. The number of carbonyl (C=O) groups is 1. The minimum atomic E-state index is -0.742. The highest BCUT2D eigenvalue weighted by atomic mass is 32.2. The normalized spacial score (nSPS) is 9.84. The minimum absolute atomic E-state index is 0.246. The van der Waals surface area contributed by atoms with Gasteiger partial charge in [0, 0.05) is 16.9 Å². The van der Waals surface area contributed by atoms with Crippen molar-refractivity contribution in [2.45, 2.75) is 44.6 Å². The van der Waals surface area contributed by atoms with Gasteiger partial charge in [0.1, 0.15) is 6.61 Å². The van der Waals surface area contributed by atoms with Gasteiger partial charge in [-0.3, -0.25) is 0 Å². The Balaban J connectivity index is 0.000000257. The van der Waals surface area contributed by atoms with Crippen LogP contribution in [0.25, 0.3) is 0 Å². The Morgan fingerprint density at radius 3 is 2.32 bits per heavy atom. The van der Waals surface area contributed by atoms with E-state index in [1.54, 1.807) is 0 Å². The molecule has 0 saturated heterocycles. The predicted molar refractivity (Wildman–Crippen MR) is 103 cm³/mol. The summed E-state index contributed by atoms with van der Waals surface area (Å²) in [4.78, 5) is 11.4. The fraction of sp³-hybridized carbons (Fsp3) is 0.350. The van der Waals surface area contributed by atoms with Crippen molar-refractivity contribution in [3.8, 4) is 0 Å². The SMILES string of the molecule is CCCCCOSc1ccc(C)cc1.NC(=O)OCc1ccccc1. The molecule has 0 unspecified atom stereocenters. The second-order valence-electron chi connectivity index (χ2n) is 5.52. The lowest BCUT2D eigenvalue weighted by molar-refractivity contribution is 0.150. The summed E-state index contributed by atoms with van der Waals surface area (Å²) in [5.74, 6) is 0. The zero-order valence-electron chi connectivity index (χ0n) is 14.9. The van der Waals surface area contributed by atoms with E-state index in [-0.39, 0.29) is 6.61 Å². The molecular weight excluding hydrogens is 334 g/mol. The summed E-state index contributed by atoms with van der Waals surface area (Å²) in [5, 5.41) is 0. The monoisotopic (exact) mass is 361 g/mol. The zero-order chi connectivity index (χ0) is 18.3. The second-order valence-corrected chi connectivity index (χ2v) is 6.39. The summed E-state index contributed by atoms with van der Waals surface area (Å²) >= 11 is 1.48. The Bertz CT molecular complexity index is 588. The van der Waals surface area contributed by atoms with Gasteiger partial charge in [-0.2, -0.15) is 0 Å². The summed E-state index contributed by atoms with van der Waals surface area (Å²) in [7, 11) is 0. The number of rotatable bonds is 8. The van der Waals surface area contributed by atoms with Gasteiger partial charge in [0.2, 0.25) is 0 Å². The van der Waals surface area contributed by atoms with Crippen LogP contribution in [0.2, 0.25) is 0 Å². The first-order chi connectivity index (χ1) is 12.1. The van der Waals surface area contributed by atoms with Gasteiger partial charge in [0.25, 0.3) is 0 Å². The number of amides is 1. The molecule has 0 radical (unpaired) electrons. The van der Waals surface area contributed by atoms with Crippen LogP contribution < -0.4 is 5.73 Å². The minimum Gasteiger partial charge on any atom is -0.445 e. The average molecular weight is 362 g/mol. The highest BCUT2D eigenvalue weighted by Gasteiger charge is 1.94. The van der Waals surface area contributed by atoms with E-state index < -0.39 is 6.09 Å². The number of aryl methyl sites for hydroxylation is 1. The second kappa shape index (κ2) is 13.3. The number of unbranched alkanes of at least 4 members (excludes halogenated alkanes) is 2. The van der Waals surface area contributed by atoms with Crippen molar-refractivity contribution in [1.82, 2.24) is 0 Å². The Labute approximate surface area is 154 Å². The van der Waals surface area contributed by atoms with E-state index >= 15 is 0 Å². The average Bonchev–Trinajstić information content (AvgIpc) is 2.63. The number of benzene rings is 2. The molecule has 2 aromatic rings. The molecule has 0 fully saturated rings. The first-order valence-electron chi connectivity index (χ1n) is 8.44. The third-order valence-corrected chi connectivity index (χ3v) is 3.98. The molecule has 1 amide bonds. The van der Waals surface area contributed by atoms with E-state index in [0.29, 0.717) is 0 Å². The van der Waals surface area contributed by atoms with Crippen LogP contribution in [-0.4, -0.2) is 12.7 Å². The molecule has 0 aliphatic rings. The molecular formula is C20H27NO3S. The number of primary amides is 1. The van der Waals surface area contributed by atoms with Crippen LogP contribution in [0, 0.1) is 6.92 Å². The standard InChI is InChI=1S/C12H18OS.C8H9NO2/c1-3-4-5-10-13-14-12-8-6-11(2)7-9-12;9-8(10)11-6-7-4-2-1-3-5-7/h6-9H,3-5,10H2,1-2H3;1-5H,6H2,(H2,9,10). The number of nitrogens with two attached hydrogens (primary N) is 1. The fourth-order valence-electron chi connectivity index (χ4n) is 1.84. The zero-order valence-corrected chi connectivity index (χ0v) is 15.8. The Morgan fingerprint density at radius 2 is 1.72 bits per heavy atom. The van der Waals surface area contributed by atoms with E-state index in [9.17, 15) is 4.79 Å². The van der Waals surface area contributed by atoms with Gasteiger partial charge in [0.05, 0.1) is 6.61 Å². The van der Waals surface area contributed by atoms with Gasteiger partial charge in [-0.15, -0.1) is 0 Å². The van der Waals surface area contributed by atoms with Crippen LogP contribution in [-0.2, 0) is 15.5 Å². The molecule has 0 saturated carbocycles. The van der Waals surface area contributed by atoms with Crippen molar-refractivity contribution < 1.29 is 13.7 Å². The van der Waals surface area contributed by atoms with Gasteiger partial charge in [-0.1, -0.05) is 67.8 Å². The van der Waals surface area contributed by atoms with Crippen LogP contribution in [0.15, 0.2) is 59.5 Å². The lowest BCUT2D eigenvalue weighted by Crippen LogP contribution is -2.12. The topological polar surface area (TPSA) is 61.5 Å². The lowest BCUT2D eigenvalue weighted by atomic mass is 10.2. The van der Waals surface area contributed by atoms with Crippen LogP contribution in [0.3, 0.4) is 0 Å². The molecule has 0 atom stereocenters. The third-order valence-electron chi connectivity index (χ3n) is 3.23. The predicted octanol–water partition coefficient (Wildman–Crippen LogP) is 5.49. The highest BCUT2D eigenvalue weighted by molar-refractivity contribution is 7.94. The third kappa shape index (κ3) is 11.2. The highest BCUT2D eigenvalue weighted by Crippen LogP contribution is 2.19. The Morgan fingerprint density at radius 1 is 1.04 bits per heavy atom. The van der Waals surface area contributed by atoms with E-state index in [1.165, 1.54) is 35.3 Å². The van der Waals surface area contributed by atoms with Gasteiger partial charge in [-0.25, -0.2) is 4.79 Å². The summed E-state index contributed by atoms with van der Waals surface area (Å²) in [6.07, 6.45) is 2.93. The quantitative estimate of drug-likeness (QED) is 0.499. The van der Waals surface area contributed by atoms with Crippen molar-refractivity contribution >= 4 is 18.1 Å². The van der Waals surface area contributed by atoms with Crippen molar-refractivity contribution in [1.29, 1.82) is 0 Å². The molecule has 0 spiro atoms. The van der Waals surface area contributed by atoms with E-state index in [0.717, 1.165) is 18.6 Å². The first-order valence-corrected chi connectivity index (χ1v) is 9.18. The van der Waals surface area contributed by atoms with Crippen molar-refractivity contribution in [2.24, 2.45) is 5.73 Å². The lowest BCUT2D eigenvalue weighted by Gasteiger charge is -2.02. The molecule has 2 N–H and O–H groups in total. The van der Waals surface area contributed by atoms with Crippen LogP contribution in [0.4, 0.5) is 4.79 Å². The molecule has 5 heteroatoms. The molecule has 136 valence electrons. The van der Waals surface area contributed by atoms with E-state index in [2.05, 4.69) is 42.8 Å². The Hall–Kier alpha value is -1.98. The molecule has 0 aliphatic carbocycles. The number of ether oxygens (including phenoxy) is 1. The molecule has 0 aromatic heterocycles. The van der Waals surface area contributed by atoms with Crippen LogP contribution in [0.1, 0.15) is 37.3 Å². The molecule has 4 nitrogen and oxygen atoms in total. The van der Waals surface area contributed by atoms with Gasteiger partial charge in [0.15, 0.2) is 0 Å². The van der Waals surface area contributed by atoms with Gasteiger partial charge < -0.3 is 14.7 Å². The molecule has 0 heterocycles. The summed E-state index contributed by atoms with van der Waals surface area (Å²) in [5.41, 5.74) is 7.01. The van der Waals surface area contributed by atoms with Gasteiger partial charge >= 0.3 is 6.09 Å². The molecule has 25 heavy (non-hydrogen) atoms. The van der Waals surface area contributed by atoms with Crippen molar-refractivity contribution in [2.75, 3.05) is 6.61 Å². The first kappa shape index (κ1) is 21.1.